The molecule has 0 aliphatic carbocycles. The molecule has 1 aromatic carbocycles. The zero-order valence-electron chi connectivity index (χ0n) is 18.6. The zero-order chi connectivity index (χ0) is 25.0. The lowest BCUT2D eigenvalue weighted by Crippen LogP contribution is -2.39. The van der Waals surface area contributed by atoms with Crippen LogP contribution in [-0.4, -0.2) is 45.4 Å². The van der Waals surface area contributed by atoms with Gasteiger partial charge in [0.2, 0.25) is 5.91 Å². The Hall–Kier alpha value is -4.80. The number of carbonyl (C=O) groups is 4. The summed E-state index contributed by atoms with van der Waals surface area (Å²) < 4.78 is 0. The topological polar surface area (TPSA) is 162 Å². The molecule has 5 N–H and O–H groups in total. The molecule has 0 spiro atoms. The van der Waals surface area contributed by atoms with Gasteiger partial charge in [-0.25, -0.2) is 4.79 Å². The van der Waals surface area contributed by atoms with Crippen LogP contribution in [0.4, 0.5) is 10.5 Å². The van der Waals surface area contributed by atoms with E-state index in [2.05, 4.69) is 31.2 Å². The molecular formula is C24H28N6O5. The number of benzene rings is 1. The largest absolute Gasteiger partial charge is 0.481 e. The number of carbonyl (C=O) groups excluding carboxylic acids is 3. The first-order chi connectivity index (χ1) is 16.9. The quantitative estimate of drug-likeness (QED) is 0.297. The highest BCUT2D eigenvalue weighted by atomic mass is 16.4. The molecule has 0 saturated carbocycles. The molecule has 3 aromatic rings. The van der Waals surface area contributed by atoms with E-state index >= 15 is 0 Å². The summed E-state index contributed by atoms with van der Waals surface area (Å²) in [6, 6.07) is 13.6. The average Bonchev–Trinajstić information content (AvgIpc) is 2.86. The van der Waals surface area contributed by atoms with E-state index in [4.69, 9.17) is 5.11 Å². The SMILES string of the molecule is O=C(O)CC(NC(=O)CNC(=O)c1cccc(NC(=O)NCc2ccccn2)c1)c1cccnc1.[HH].[HH]. The number of aliphatic carboxylic acids is 1. The van der Waals surface area contributed by atoms with E-state index < -0.39 is 29.9 Å². The first-order valence-corrected chi connectivity index (χ1v) is 10.6. The van der Waals surface area contributed by atoms with Gasteiger partial charge in [-0.2, -0.15) is 0 Å². The molecule has 0 radical (unpaired) electrons. The fourth-order valence-electron chi connectivity index (χ4n) is 3.10. The number of rotatable bonds is 10. The van der Waals surface area contributed by atoms with Crippen molar-refractivity contribution in [3.05, 3.63) is 90.0 Å². The first-order valence-electron chi connectivity index (χ1n) is 10.6. The van der Waals surface area contributed by atoms with Crippen LogP contribution in [0.15, 0.2) is 73.2 Å². The molecule has 0 aliphatic rings. The number of pyridine rings is 2. The highest BCUT2D eigenvalue weighted by molar-refractivity contribution is 5.98. The third kappa shape index (κ3) is 8.24. The van der Waals surface area contributed by atoms with Gasteiger partial charge in [0.05, 0.1) is 31.2 Å². The third-order valence-corrected chi connectivity index (χ3v) is 4.75. The van der Waals surface area contributed by atoms with Gasteiger partial charge >= 0.3 is 12.0 Å². The third-order valence-electron chi connectivity index (χ3n) is 4.75. The van der Waals surface area contributed by atoms with Crippen molar-refractivity contribution >= 4 is 29.5 Å². The molecule has 35 heavy (non-hydrogen) atoms. The summed E-state index contributed by atoms with van der Waals surface area (Å²) in [6.07, 6.45) is 4.30. The van der Waals surface area contributed by atoms with Gasteiger partial charge in [0, 0.05) is 32.7 Å². The molecule has 11 nitrogen and oxygen atoms in total. The second-order valence-electron chi connectivity index (χ2n) is 7.40. The Morgan fingerprint density at radius 1 is 0.971 bits per heavy atom. The van der Waals surface area contributed by atoms with Crippen molar-refractivity contribution in [2.75, 3.05) is 11.9 Å². The van der Waals surface area contributed by atoms with E-state index in [0.717, 1.165) is 0 Å². The fourth-order valence-corrected chi connectivity index (χ4v) is 3.10. The van der Waals surface area contributed by atoms with E-state index in [1.165, 1.54) is 24.5 Å². The minimum Gasteiger partial charge on any atom is -0.481 e. The minimum absolute atomic E-state index is 0. The van der Waals surface area contributed by atoms with Gasteiger partial charge < -0.3 is 26.4 Å². The van der Waals surface area contributed by atoms with Crippen LogP contribution in [-0.2, 0) is 16.1 Å². The number of hydrogen-bond donors (Lipinski definition) is 5. The Kier molecular flexibility index (Phi) is 8.83. The number of amides is 4. The number of carboxylic acid groups (broad SMARTS) is 1. The van der Waals surface area contributed by atoms with Crippen molar-refractivity contribution in [1.29, 1.82) is 0 Å². The summed E-state index contributed by atoms with van der Waals surface area (Å²) in [5, 5.41) is 19.5. The Morgan fingerprint density at radius 3 is 2.54 bits per heavy atom. The molecule has 2 heterocycles. The van der Waals surface area contributed by atoms with E-state index in [1.807, 2.05) is 6.07 Å². The minimum atomic E-state index is -1.09. The Balaban J connectivity index is 0.00000342. The first kappa shape index (κ1) is 24.8. The Labute approximate surface area is 204 Å². The molecule has 1 atom stereocenters. The van der Waals surface area contributed by atoms with Gasteiger partial charge in [0.25, 0.3) is 5.91 Å². The van der Waals surface area contributed by atoms with Crippen LogP contribution in [0.2, 0.25) is 0 Å². The van der Waals surface area contributed by atoms with E-state index in [1.54, 1.807) is 42.6 Å². The maximum atomic E-state index is 12.5. The van der Waals surface area contributed by atoms with E-state index in [-0.39, 0.29) is 27.9 Å². The van der Waals surface area contributed by atoms with Gasteiger partial charge in [0.1, 0.15) is 0 Å². The molecule has 3 rings (SSSR count). The summed E-state index contributed by atoms with van der Waals surface area (Å²) in [6.45, 7) is -0.124. The molecule has 1 unspecified atom stereocenters. The number of aromatic nitrogens is 2. The summed E-state index contributed by atoms with van der Waals surface area (Å²) in [4.78, 5) is 56.2. The zero-order valence-corrected chi connectivity index (χ0v) is 18.6. The second-order valence-corrected chi connectivity index (χ2v) is 7.40. The molecule has 0 fully saturated rings. The van der Waals surface area contributed by atoms with Crippen molar-refractivity contribution in [1.82, 2.24) is 25.9 Å². The van der Waals surface area contributed by atoms with Crippen LogP contribution < -0.4 is 21.3 Å². The lowest BCUT2D eigenvalue weighted by molar-refractivity contribution is -0.137. The maximum Gasteiger partial charge on any atom is 0.319 e. The number of nitrogens with zero attached hydrogens (tertiary/aromatic N) is 2. The maximum absolute atomic E-state index is 12.5. The van der Waals surface area contributed by atoms with Crippen molar-refractivity contribution in [3.63, 3.8) is 0 Å². The van der Waals surface area contributed by atoms with Crippen LogP contribution in [0.3, 0.4) is 0 Å². The predicted octanol–water partition coefficient (Wildman–Crippen LogP) is 2.35. The summed E-state index contributed by atoms with van der Waals surface area (Å²) in [5.41, 5.74) is 1.85. The molecule has 0 bridgehead atoms. The van der Waals surface area contributed by atoms with Crippen LogP contribution >= 0.6 is 0 Å². The lowest BCUT2D eigenvalue weighted by atomic mass is 10.1. The molecule has 0 saturated heterocycles. The molecule has 184 valence electrons. The number of hydrogen-bond acceptors (Lipinski definition) is 6. The van der Waals surface area contributed by atoms with Crippen LogP contribution in [0, 0.1) is 0 Å². The van der Waals surface area contributed by atoms with Crippen molar-refractivity contribution < 1.29 is 27.1 Å². The molecule has 2 aromatic heterocycles. The summed E-state index contributed by atoms with van der Waals surface area (Å²) in [5.74, 6) is -2.18. The highest BCUT2D eigenvalue weighted by Gasteiger charge is 2.19. The van der Waals surface area contributed by atoms with Crippen molar-refractivity contribution in [3.8, 4) is 0 Å². The molecule has 11 heteroatoms. The van der Waals surface area contributed by atoms with E-state index in [9.17, 15) is 19.2 Å². The van der Waals surface area contributed by atoms with Crippen LogP contribution in [0.5, 0.6) is 0 Å². The smallest absolute Gasteiger partial charge is 0.319 e. The van der Waals surface area contributed by atoms with Crippen LogP contribution in [0.25, 0.3) is 0 Å². The molecule has 4 amide bonds. The summed E-state index contributed by atoms with van der Waals surface area (Å²) in [7, 11) is 0. The van der Waals surface area contributed by atoms with Gasteiger partial charge in [-0.3, -0.25) is 24.4 Å². The number of urea groups is 1. The monoisotopic (exact) mass is 480 g/mol. The highest BCUT2D eigenvalue weighted by Crippen LogP contribution is 2.15. The Bertz CT molecular complexity index is 1180. The van der Waals surface area contributed by atoms with Gasteiger partial charge in [-0.05, 0) is 42.0 Å². The molecule has 0 aliphatic heterocycles. The van der Waals surface area contributed by atoms with Gasteiger partial charge in [-0.1, -0.05) is 18.2 Å². The second kappa shape index (κ2) is 12.4. The number of carboxylic acids is 1. The number of nitrogens with one attached hydrogen (secondary N) is 4. The standard InChI is InChI=1S/C24H24N6O5.2H2/c31-21(30-20(12-22(32)33)17-6-4-9-25-13-17)15-27-23(34)16-5-3-8-18(11-16)29-24(35)28-14-19-7-1-2-10-26-19;;/h1-11,13,20H,12,14-15H2,(H,27,34)(H,30,31)(H,32,33)(H2,28,29,35);2*1H. The van der Waals surface area contributed by atoms with Gasteiger partial charge in [0.15, 0.2) is 0 Å². The van der Waals surface area contributed by atoms with E-state index in [0.29, 0.717) is 16.9 Å². The Morgan fingerprint density at radius 2 is 1.83 bits per heavy atom. The van der Waals surface area contributed by atoms with Crippen molar-refractivity contribution in [2.24, 2.45) is 0 Å². The van der Waals surface area contributed by atoms with Crippen molar-refractivity contribution in [2.45, 2.75) is 19.0 Å². The molecular weight excluding hydrogens is 452 g/mol. The lowest BCUT2D eigenvalue weighted by Gasteiger charge is -2.17. The normalized spacial score (nSPS) is 11.1. The van der Waals surface area contributed by atoms with Gasteiger partial charge in [-0.15, -0.1) is 0 Å². The predicted molar refractivity (Wildman–Crippen MR) is 130 cm³/mol. The number of anilines is 1. The van der Waals surface area contributed by atoms with Crippen LogP contribution in [0.1, 0.15) is 36.9 Å². The summed E-state index contributed by atoms with van der Waals surface area (Å²) >= 11 is 0. The fraction of sp³-hybridized carbons (Fsp3) is 0.167. The average molecular weight is 481 g/mol.